The molecule has 0 radical (unpaired) electrons. The number of benzene rings is 1. The molecule has 0 atom stereocenters. The predicted octanol–water partition coefficient (Wildman–Crippen LogP) is 5.55. The summed E-state index contributed by atoms with van der Waals surface area (Å²) in [6.07, 6.45) is 0.905. The lowest BCUT2D eigenvalue weighted by atomic mass is 10.0. The van der Waals surface area contributed by atoms with Gasteiger partial charge in [0.1, 0.15) is 0 Å². The third-order valence-corrected chi connectivity index (χ3v) is 9.77. The molecule has 2 rings (SSSR count). The fraction of sp³-hybridized carbons (Fsp3) is 0.450. The van der Waals surface area contributed by atoms with Crippen molar-refractivity contribution >= 4 is 31.1 Å². The highest BCUT2D eigenvalue weighted by molar-refractivity contribution is 6.74. The number of allylic oxidation sites excluding steroid dienone is 1. The molecule has 1 aromatic carbocycles. The van der Waals surface area contributed by atoms with E-state index in [2.05, 4.69) is 64.2 Å². The Hall–Kier alpha value is -1.65. The van der Waals surface area contributed by atoms with Crippen molar-refractivity contribution in [2.75, 3.05) is 0 Å². The predicted molar refractivity (Wildman–Crippen MR) is 105 cm³/mol. The monoisotopic (exact) mass is 343 g/mol. The van der Waals surface area contributed by atoms with Crippen LogP contribution in [0.15, 0.2) is 24.8 Å². The van der Waals surface area contributed by atoms with Gasteiger partial charge in [-0.1, -0.05) is 32.9 Å². The maximum absolute atomic E-state index is 11.4. The van der Waals surface area contributed by atoms with Gasteiger partial charge in [0.05, 0.1) is 6.61 Å². The lowest BCUT2D eigenvalue weighted by Gasteiger charge is -2.36. The molecule has 130 valence electrons. The molecule has 1 aromatic heterocycles. The minimum atomic E-state index is -1.79. The van der Waals surface area contributed by atoms with Crippen molar-refractivity contribution in [3.05, 3.63) is 41.6 Å². The van der Waals surface area contributed by atoms with Crippen LogP contribution in [0.25, 0.3) is 16.5 Å². The molecular formula is C20H29NO2Si. The summed E-state index contributed by atoms with van der Waals surface area (Å²) in [5, 5.41) is 1.26. The van der Waals surface area contributed by atoms with Gasteiger partial charge in [0.2, 0.25) is 0 Å². The van der Waals surface area contributed by atoms with E-state index in [-0.39, 0.29) is 5.04 Å². The van der Waals surface area contributed by atoms with Crippen molar-refractivity contribution in [3.8, 4) is 0 Å². The van der Waals surface area contributed by atoms with E-state index in [0.29, 0.717) is 12.2 Å². The maximum Gasteiger partial charge on any atom is 0.192 e. The summed E-state index contributed by atoms with van der Waals surface area (Å²) >= 11 is 0. The number of aryl methyl sites for hydroxylation is 1. The zero-order chi connectivity index (χ0) is 18.3. The Labute approximate surface area is 146 Å². The first kappa shape index (κ1) is 18.7. The maximum atomic E-state index is 11.4. The number of carbonyl (C=O) groups excluding carboxylic acids is 1. The molecule has 0 N–H and O–H groups in total. The number of aldehydes is 1. The molecule has 0 fully saturated rings. The molecule has 4 heteroatoms. The zero-order valence-electron chi connectivity index (χ0n) is 16.0. The van der Waals surface area contributed by atoms with Gasteiger partial charge in [0.25, 0.3) is 0 Å². The van der Waals surface area contributed by atoms with Crippen molar-refractivity contribution in [1.82, 2.24) is 4.57 Å². The SMILES string of the molecule is C=C(C)c1cc2c(cc1C=O)cc(CO[Si](C)(C)C(C)(C)C)n2C. The highest BCUT2D eigenvalue weighted by Crippen LogP contribution is 2.37. The molecule has 0 unspecified atom stereocenters. The van der Waals surface area contributed by atoms with Crippen LogP contribution in [0.4, 0.5) is 0 Å². The largest absolute Gasteiger partial charge is 0.411 e. The summed E-state index contributed by atoms with van der Waals surface area (Å²) in [5.74, 6) is 0. The van der Waals surface area contributed by atoms with Crippen molar-refractivity contribution < 1.29 is 9.22 Å². The minimum Gasteiger partial charge on any atom is -0.411 e. The van der Waals surface area contributed by atoms with E-state index in [9.17, 15) is 4.79 Å². The Morgan fingerprint density at radius 3 is 2.42 bits per heavy atom. The second kappa shape index (κ2) is 6.34. The van der Waals surface area contributed by atoms with Crippen molar-refractivity contribution in [3.63, 3.8) is 0 Å². The first-order valence-electron chi connectivity index (χ1n) is 8.35. The Morgan fingerprint density at radius 2 is 1.92 bits per heavy atom. The standard InChI is InChI=1S/C20H29NO2Si/c1-14(2)18-11-19-15(9-16(18)12-22)10-17(21(19)6)13-23-24(7,8)20(3,4)5/h9-12H,1,13H2,2-8H3. The summed E-state index contributed by atoms with van der Waals surface area (Å²) in [5.41, 5.74) is 4.74. The average molecular weight is 344 g/mol. The van der Waals surface area contributed by atoms with Crippen LogP contribution in [0.5, 0.6) is 0 Å². The van der Waals surface area contributed by atoms with E-state index in [1.54, 1.807) is 0 Å². The van der Waals surface area contributed by atoms with Gasteiger partial charge < -0.3 is 8.99 Å². The number of hydrogen-bond acceptors (Lipinski definition) is 2. The fourth-order valence-electron chi connectivity index (χ4n) is 2.54. The normalized spacial score (nSPS) is 12.6. The molecule has 3 nitrogen and oxygen atoms in total. The van der Waals surface area contributed by atoms with E-state index in [1.165, 1.54) is 0 Å². The first-order valence-corrected chi connectivity index (χ1v) is 11.3. The second-order valence-electron chi connectivity index (χ2n) is 8.14. The number of aromatic nitrogens is 1. The Kier molecular flexibility index (Phi) is 4.93. The molecule has 0 aliphatic heterocycles. The topological polar surface area (TPSA) is 31.2 Å². The smallest absolute Gasteiger partial charge is 0.192 e. The van der Waals surface area contributed by atoms with E-state index in [4.69, 9.17) is 4.43 Å². The molecule has 0 saturated carbocycles. The number of fused-ring (bicyclic) bond motifs is 1. The molecule has 24 heavy (non-hydrogen) atoms. The summed E-state index contributed by atoms with van der Waals surface area (Å²) in [6, 6.07) is 6.12. The number of hydrogen-bond donors (Lipinski definition) is 0. The Bertz CT molecular complexity index is 794. The lowest BCUT2D eigenvalue weighted by Crippen LogP contribution is -2.40. The van der Waals surface area contributed by atoms with Crippen LogP contribution in [-0.2, 0) is 18.1 Å². The molecule has 2 aromatic rings. The highest BCUT2D eigenvalue weighted by Gasteiger charge is 2.37. The fourth-order valence-corrected chi connectivity index (χ4v) is 3.48. The summed E-state index contributed by atoms with van der Waals surface area (Å²) in [4.78, 5) is 11.4. The van der Waals surface area contributed by atoms with E-state index in [1.807, 2.05) is 13.0 Å². The molecule has 0 aliphatic carbocycles. The minimum absolute atomic E-state index is 0.190. The average Bonchev–Trinajstić information content (AvgIpc) is 2.78. The zero-order valence-corrected chi connectivity index (χ0v) is 17.0. The molecule has 0 aliphatic rings. The van der Waals surface area contributed by atoms with Crippen LogP contribution in [0.2, 0.25) is 18.1 Å². The van der Waals surface area contributed by atoms with Crippen LogP contribution in [-0.4, -0.2) is 19.2 Å². The highest BCUT2D eigenvalue weighted by atomic mass is 28.4. The van der Waals surface area contributed by atoms with Crippen molar-refractivity contribution in [2.24, 2.45) is 7.05 Å². The number of rotatable bonds is 5. The third kappa shape index (κ3) is 3.40. The van der Waals surface area contributed by atoms with Gasteiger partial charge in [-0.25, -0.2) is 0 Å². The van der Waals surface area contributed by atoms with Gasteiger partial charge in [0.15, 0.2) is 14.6 Å². The lowest BCUT2D eigenvalue weighted by molar-refractivity contribution is 0.112. The second-order valence-corrected chi connectivity index (χ2v) is 12.9. The molecule has 0 amide bonds. The van der Waals surface area contributed by atoms with E-state index >= 15 is 0 Å². The van der Waals surface area contributed by atoms with Crippen LogP contribution in [0, 0.1) is 0 Å². The van der Waals surface area contributed by atoms with Crippen molar-refractivity contribution in [1.29, 1.82) is 0 Å². The third-order valence-electron chi connectivity index (χ3n) is 5.29. The first-order chi connectivity index (χ1) is 11.0. The molecule has 1 heterocycles. The van der Waals surface area contributed by atoms with Crippen LogP contribution >= 0.6 is 0 Å². The van der Waals surface area contributed by atoms with Gasteiger partial charge in [-0.2, -0.15) is 0 Å². The molecule has 0 saturated heterocycles. The van der Waals surface area contributed by atoms with Gasteiger partial charge in [-0.3, -0.25) is 4.79 Å². The Morgan fingerprint density at radius 1 is 1.29 bits per heavy atom. The van der Waals surface area contributed by atoms with Crippen LogP contribution < -0.4 is 0 Å². The van der Waals surface area contributed by atoms with Crippen LogP contribution in [0.3, 0.4) is 0 Å². The summed E-state index contributed by atoms with van der Waals surface area (Å²) in [7, 11) is 0.261. The number of nitrogens with zero attached hydrogens (tertiary/aromatic N) is 1. The number of carbonyl (C=O) groups is 1. The van der Waals surface area contributed by atoms with Gasteiger partial charge >= 0.3 is 0 Å². The van der Waals surface area contributed by atoms with Gasteiger partial charge in [-0.15, -0.1) is 0 Å². The van der Waals surface area contributed by atoms with Gasteiger partial charge in [-0.05, 0) is 48.8 Å². The quantitative estimate of drug-likeness (QED) is 0.527. The summed E-state index contributed by atoms with van der Waals surface area (Å²) < 4.78 is 8.51. The summed E-state index contributed by atoms with van der Waals surface area (Å²) in [6.45, 7) is 17.8. The molecule has 0 spiro atoms. The molecular weight excluding hydrogens is 314 g/mol. The van der Waals surface area contributed by atoms with E-state index < -0.39 is 8.32 Å². The Balaban J connectivity index is 2.42. The van der Waals surface area contributed by atoms with Crippen molar-refractivity contribution in [2.45, 2.75) is 52.4 Å². The van der Waals surface area contributed by atoms with Gasteiger partial charge in [0, 0.05) is 29.2 Å². The van der Waals surface area contributed by atoms with E-state index in [0.717, 1.165) is 34.0 Å². The van der Waals surface area contributed by atoms with Crippen LogP contribution in [0.1, 0.15) is 49.3 Å². The molecule has 0 bridgehead atoms.